The van der Waals surface area contributed by atoms with Crippen molar-refractivity contribution in [1.29, 1.82) is 0 Å². The molecule has 9 heteroatoms. The van der Waals surface area contributed by atoms with E-state index in [4.69, 9.17) is 0 Å². The van der Waals surface area contributed by atoms with Crippen molar-refractivity contribution >= 4 is 29.7 Å². The van der Waals surface area contributed by atoms with E-state index < -0.39 is 36.2 Å². The Hall–Kier alpha value is -2.45. The Bertz CT molecular complexity index is 428. The highest BCUT2D eigenvalue weighted by atomic mass is 16.2. The molecule has 96 valence electrons. The summed E-state index contributed by atoms with van der Waals surface area (Å²) in [6.45, 7) is -1.13. The van der Waals surface area contributed by atoms with Gasteiger partial charge in [0.1, 0.15) is 19.6 Å². The smallest absolute Gasteiger partial charge is 0.325 e. The third kappa shape index (κ3) is 2.29. The molecule has 2 fully saturated rings. The Morgan fingerprint density at radius 2 is 1.72 bits per heavy atom. The Balaban J connectivity index is 1.99. The van der Waals surface area contributed by atoms with E-state index in [9.17, 15) is 24.0 Å². The van der Waals surface area contributed by atoms with Crippen molar-refractivity contribution in [2.24, 2.45) is 0 Å². The summed E-state index contributed by atoms with van der Waals surface area (Å²) >= 11 is 0. The molecule has 0 aromatic rings. The molecule has 0 aromatic heterocycles. The van der Waals surface area contributed by atoms with Gasteiger partial charge in [-0.1, -0.05) is 0 Å². The van der Waals surface area contributed by atoms with Crippen molar-refractivity contribution in [2.75, 3.05) is 26.2 Å². The Kier molecular flexibility index (Phi) is 2.96. The van der Waals surface area contributed by atoms with Gasteiger partial charge in [0.05, 0.1) is 6.54 Å². The molecule has 6 amide bonds. The zero-order valence-corrected chi connectivity index (χ0v) is 9.26. The van der Waals surface area contributed by atoms with Crippen LogP contribution in [-0.4, -0.2) is 65.6 Å². The van der Waals surface area contributed by atoms with Gasteiger partial charge in [0, 0.05) is 0 Å². The van der Waals surface area contributed by atoms with Crippen molar-refractivity contribution in [1.82, 2.24) is 20.4 Å². The molecule has 0 saturated carbocycles. The molecule has 0 bridgehead atoms. The Labute approximate surface area is 101 Å². The molecule has 2 aliphatic rings. The van der Waals surface area contributed by atoms with Crippen molar-refractivity contribution in [2.45, 2.75) is 0 Å². The van der Waals surface area contributed by atoms with Gasteiger partial charge < -0.3 is 10.2 Å². The molecule has 18 heavy (non-hydrogen) atoms. The molecule has 2 heterocycles. The highest BCUT2D eigenvalue weighted by molar-refractivity contribution is 6.06. The summed E-state index contributed by atoms with van der Waals surface area (Å²) < 4.78 is 0. The highest BCUT2D eigenvalue weighted by Gasteiger charge is 2.33. The van der Waals surface area contributed by atoms with Crippen LogP contribution in [0.3, 0.4) is 0 Å². The summed E-state index contributed by atoms with van der Waals surface area (Å²) in [5.41, 5.74) is 0. The number of rotatable bonds is 2. The summed E-state index contributed by atoms with van der Waals surface area (Å²) in [6, 6.07) is -0.652. The maximum Gasteiger partial charge on any atom is 0.325 e. The molecule has 0 spiro atoms. The van der Waals surface area contributed by atoms with Crippen molar-refractivity contribution < 1.29 is 24.0 Å². The largest absolute Gasteiger partial charge is 0.329 e. The van der Waals surface area contributed by atoms with Crippen LogP contribution in [0.5, 0.6) is 0 Å². The second kappa shape index (κ2) is 4.43. The maximum absolute atomic E-state index is 11.8. The lowest BCUT2D eigenvalue weighted by Gasteiger charge is -2.26. The first-order valence-electron chi connectivity index (χ1n) is 5.16. The standard InChI is InChI=1S/C9H10N4O5/c14-5-2-12(3-6(15)11-5)8(17)4-13-7(16)1-10-9(13)18/h1-4H2,(H,10,18)(H,11,14,15). The van der Waals surface area contributed by atoms with Gasteiger partial charge in [-0.3, -0.25) is 29.4 Å². The van der Waals surface area contributed by atoms with Gasteiger partial charge >= 0.3 is 6.03 Å². The number of amides is 6. The second-order valence-corrected chi connectivity index (χ2v) is 3.86. The number of hydrogen-bond acceptors (Lipinski definition) is 5. The third-order valence-corrected chi connectivity index (χ3v) is 2.53. The maximum atomic E-state index is 11.8. The second-order valence-electron chi connectivity index (χ2n) is 3.86. The number of nitrogens with zero attached hydrogens (tertiary/aromatic N) is 2. The Morgan fingerprint density at radius 3 is 2.22 bits per heavy atom. The summed E-state index contributed by atoms with van der Waals surface area (Å²) in [7, 11) is 0. The average Bonchev–Trinajstić information content (AvgIpc) is 2.59. The first-order valence-corrected chi connectivity index (χ1v) is 5.16. The number of imide groups is 2. The molecule has 2 aliphatic heterocycles. The molecule has 0 aromatic carbocycles. The van der Waals surface area contributed by atoms with Gasteiger partial charge in [-0.2, -0.15) is 0 Å². The Morgan fingerprint density at radius 1 is 1.11 bits per heavy atom. The first kappa shape index (κ1) is 12.0. The van der Waals surface area contributed by atoms with Crippen molar-refractivity contribution in [3.8, 4) is 0 Å². The molecule has 0 atom stereocenters. The number of hydrogen-bond donors (Lipinski definition) is 2. The molecule has 2 rings (SSSR count). The van der Waals surface area contributed by atoms with Gasteiger partial charge in [0.2, 0.25) is 17.7 Å². The summed E-state index contributed by atoms with van der Waals surface area (Å²) in [4.78, 5) is 58.1. The first-order chi connectivity index (χ1) is 8.47. The molecule has 0 aliphatic carbocycles. The molecular formula is C9H10N4O5. The normalized spacial score (nSPS) is 20.0. The van der Waals surface area contributed by atoms with Gasteiger partial charge in [-0.25, -0.2) is 4.79 Å². The molecular weight excluding hydrogens is 244 g/mol. The molecule has 2 saturated heterocycles. The van der Waals surface area contributed by atoms with Crippen molar-refractivity contribution in [3.05, 3.63) is 0 Å². The molecule has 2 N–H and O–H groups in total. The minimum absolute atomic E-state index is 0.147. The quantitative estimate of drug-likeness (QED) is 0.403. The van der Waals surface area contributed by atoms with Crippen LogP contribution >= 0.6 is 0 Å². The zero-order valence-electron chi connectivity index (χ0n) is 9.26. The molecule has 0 unspecified atom stereocenters. The van der Waals surface area contributed by atoms with Gasteiger partial charge in [-0.05, 0) is 0 Å². The summed E-state index contributed by atoms with van der Waals surface area (Å²) in [5.74, 6) is -2.31. The van der Waals surface area contributed by atoms with Gasteiger partial charge in [-0.15, -0.1) is 0 Å². The fraction of sp³-hybridized carbons (Fsp3) is 0.444. The summed E-state index contributed by atoms with van der Waals surface area (Å²) in [5, 5.41) is 4.31. The van der Waals surface area contributed by atoms with Crippen molar-refractivity contribution in [3.63, 3.8) is 0 Å². The van der Waals surface area contributed by atoms with Gasteiger partial charge in [0.15, 0.2) is 0 Å². The third-order valence-electron chi connectivity index (χ3n) is 2.53. The number of nitrogens with one attached hydrogen (secondary N) is 2. The fourth-order valence-corrected chi connectivity index (χ4v) is 1.66. The van der Waals surface area contributed by atoms with E-state index in [-0.39, 0.29) is 19.6 Å². The summed E-state index contributed by atoms with van der Waals surface area (Å²) in [6.07, 6.45) is 0. The van der Waals surface area contributed by atoms with Crippen LogP contribution in [0.25, 0.3) is 0 Å². The van der Waals surface area contributed by atoms with Crippen LogP contribution < -0.4 is 10.6 Å². The average molecular weight is 254 g/mol. The predicted molar refractivity (Wildman–Crippen MR) is 54.8 cm³/mol. The number of urea groups is 1. The number of piperazine rings is 1. The lowest BCUT2D eigenvalue weighted by Crippen LogP contribution is -2.55. The van der Waals surface area contributed by atoms with E-state index in [2.05, 4.69) is 5.32 Å². The number of carbonyl (C=O) groups is 5. The van der Waals surface area contributed by atoms with Crippen LogP contribution in [0, 0.1) is 0 Å². The fourth-order valence-electron chi connectivity index (χ4n) is 1.66. The lowest BCUT2D eigenvalue weighted by molar-refractivity contribution is -0.146. The van der Waals surface area contributed by atoms with Crippen LogP contribution in [0.15, 0.2) is 0 Å². The SMILES string of the molecule is O=C1CN(C(=O)CN2C(=O)CNC2=O)CC(=O)N1. The van der Waals surface area contributed by atoms with Crippen LogP contribution in [0.1, 0.15) is 0 Å². The van der Waals surface area contributed by atoms with E-state index in [1.807, 2.05) is 5.32 Å². The molecule has 9 nitrogen and oxygen atoms in total. The monoisotopic (exact) mass is 254 g/mol. The minimum atomic E-state index is -0.652. The highest BCUT2D eigenvalue weighted by Crippen LogP contribution is 2.02. The van der Waals surface area contributed by atoms with E-state index in [1.54, 1.807) is 0 Å². The van der Waals surface area contributed by atoms with E-state index in [0.29, 0.717) is 0 Å². The van der Waals surface area contributed by atoms with Gasteiger partial charge in [0.25, 0.3) is 5.91 Å². The van der Waals surface area contributed by atoms with Crippen LogP contribution in [0.2, 0.25) is 0 Å². The van der Waals surface area contributed by atoms with Crippen LogP contribution in [0.4, 0.5) is 4.79 Å². The predicted octanol–water partition coefficient (Wildman–Crippen LogP) is -2.98. The minimum Gasteiger partial charge on any atom is -0.329 e. The zero-order chi connectivity index (χ0) is 13.3. The lowest BCUT2D eigenvalue weighted by atomic mass is 10.3. The van der Waals surface area contributed by atoms with E-state index in [1.165, 1.54) is 0 Å². The van der Waals surface area contributed by atoms with Crippen LogP contribution in [-0.2, 0) is 19.2 Å². The van der Waals surface area contributed by atoms with E-state index in [0.717, 1.165) is 9.80 Å². The number of carbonyl (C=O) groups excluding carboxylic acids is 5. The molecule has 0 radical (unpaired) electrons. The van der Waals surface area contributed by atoms with E-state index >= 15 is 0 Å². The topological polar surface area (TPSA) is 116 Å².